The van der Waals surface area contributed by atoms with Crippen molar-refractivity contribution in [3.8, 4) is 0 Å². The van der Waals surface area contributed by atoms with Crippen molar-refractivity contribution in [1.29, 1.82) is 0 Å². The van der Waals surface area contributed by atoms with Crippen molar-refractivity contribution in [2.75, 3.05) is 6.61 Å². The van der Waals surface area contributed by atoms with Crippen LogP contribution in [0.1, 0.15) is 53.4 Å². The van der Waals surface area contributed by atoms with Gasteiger partial charge in [0.15, 0.2) is 5.89 Å². The molecular weight excluding hydrogens is 226 g/mol. The first-order chi connectivity index (χ1) is 8.29. The Bertz CT molecular complexity index is 376. The van der Waals surface area contributed by atoms with E-state index in [0.717, 1.165) is 25.3 Å². The molecule has 1 fully saturated rings. The van der Waals surface area contributed by atoms with Crippen LogP contribution in [0.15, 0.2) is 16.9 Å². The van der Waals surface area contributed by atoms with Crippen molar-refractivity contribution in [3.63, 3.8) is 0 Å². The maximum Gasteiger partial charge on any atom is 0.199 e. The molecule has 0 bridgehead atoms. The van der Waals surface area contributed by atoms with E-state index in [1.165, 1.54) is 0 Å². The Kier molecular flexibility index (Phi) is 3.54. The SMILES string of the molecule is CC(C)(CC1CC(C(C)(C)C)CO1)c1ncco1. The second kappa shape index (κ2) is 4.69. The first-order valence-electron chi connectivity index (χ1n) is 6.80. The van der Waals surface area contributed by atoms with Crippen molar-refractivity contribution >= 4 is 0 Å². The Hall–Kier alpha value is -0.830. The molecule has 0 amide bonds. The third-order valence-electron chi connectivity index (χ3n) is 4.05. The summed E-state index contributed by atoms with van der Waals surface area (Å²) < 4.78 is 11.4. The highest BCUT2D eigenvalue weighted by Gasteiger charge is 2.38. The molecule has 0 radical (unpaired) electrons. The lowest BCUT2D eigenvalue weighted by molar-refractivity contribution is 0.0744. The summed E-state index contributed by atoms with van der Waals surface area (Å²) >= 11 is 0. The number of hydrogen-bond acceptors (Lipinski definition) is 3. The van der Waals surface area contributed by atoms with Gasteiger partial charge in [0.2, 0.25) is 0 Å². The number of oxazole rings is 1. The van der Waals surface area contributed by atoms with Crippen LogP contribution in [0.3, 0.4) is 0 Å². The standard InChI is InChI=1S/C15H25NO2/c1-14(2,3)11-8-12(18-10-11)9-15(4,5)13-16-6-7-17-13/h6-7,11-12H,8-10H2,1-5H3. The molecule has 2 heterocycles. The van der Waals surface area contributed by atoms with Gasteiger partial charge < -0.3 is 9.15 Å². The van der Waals surface area contributed by atoms with E-state index in [0.29, 0.717) is 17.4 Å². The minimum atomic E-state index is -0.0546. The van der Waals surface area contributed by atoms with Crippen molar-refractivity contribution in [2.45, 2.75) is 59.0 Å². The van der Waals surface area contributed by atoms with Crippen LogP contribution >= 0.6 is 0 Å². The predicted octanol–water partition coefficient (Wildman–Crippen LogP) is 3.79. The summed E-state index contributed by atoms with van der Waals surface area (Å²) in [6, 6.07) is 0. The minimum absolute atomic E-state index is 0.0546. The Morgan fingerprint density at radius 2 is 2.00 bits per heavy atom. The highest BCUT2D eigenvalue weighted by atomic mass is 16.5. The van der Waals surface area contributed by atoms with Crippen molar-refractivity contribution in [3.05, 3.63) is 18.4 Å². The molecule has 0 aromatic carbocycles. The highest BCUT2D eigenvalue weighted by molar-refractivity contribution is 5.01. The second-order valence-electron chi connectivity index (χ2n) is 7.18. The molecule has 0 aliphatic carbocycles. The Morgan fingerprint density at radius 3 is 2.50 bits per heavy atom. The van der Waals surface area contributed by atoms with Gasteiger partial charge in [-0.15, -0.1) is 0 Å². The van der Waals surface area contributed by atoms with E-state index in [4.69, 9.17) is 9.15 Å². The molecule has 1 saturated heterocycles. The van der Waals surface area contributed by atoms with Gasteiger partial charge in [0.05, 0.1) is 18.9 Å². The van der Waals surface area contributed by atoms with Crippen LogP contribution in [0.2, 0.25) is 0 Å². The topological polar surface area (TPSA) is 35.3 Å². The molecule has 2 unspecified atom stereocenters. The summed E-state index contributed by atoms with van der Waals surface area (Å²) in [4.78, 5) is 4.28. The lowest BCUT2D eigenvalue weighted by atomic mass is 9.77. The average Bonchev–Trinajstić information content (AvgIpc) is 2.83. The van der Waals surface area contributed by atoms with E-state index >= 15 is 0 Å². The molecule has 102 valence electrons. The van der Waals surface area contributed by atoms with Gasteiger partial charge in [0, 0.05) is 5.41 Å². The van der Waals surface area contributed by atoms with Crippen LogP contribution in [-0.2, 0) is 10.2 Å². The summed E-state index contributed by atoms with van der Waals surface area (Å²) in [5.41, 5.74) is 0.281. The van der Waals surface area contributed by atoms with Crippen molar-refractivity contribution in [1.82, 2.24) is 4.98 Å². The molecule has 1 aliphatic rings. The first-order valence-corrected chi connectivity index (χ1v) is 6.80. The van der Waals surface area contributed by atoms with E-state index < -0.39 is 0 Å². The Labute approximate surface area is 110 Å². The molecule has 3 nitrogen and oxygen atoms in total. The van der Waals surface area contributed by atoms with E-state index in [2.05, 4.69) is 39.6 Å². The summed E-state index contributed by atoms with van der Waals surface area (Å²) in [7, 11) is 0. The highest BCUT2D eigenvalue weighted by Crippen LogP contribution is 2.39. The predicted molar refractivity (Wildman–Crippen MR) is 71.4 cm³/mol. The zero-order valence-corrected chi connectivity index (χ0v) is 12.2. The fourth-order valence-electron chi connectivity index (χ4n) is 2.67. The third-order valence-corrected chi connectivity index (χ3v) is 4.05. The molecule has 1 aliphatic heterocycles. The summed E-state index contributed by atoms with van der Waals surface area (Å²) in [6.07, 6.45) is 5.80. The third kappa shape index (κ3) is 2.94. The molecule has 0 saturated carbocycles. The largest absolute Gasteiger partial charge is 0.448 e. The van der Waals surface area contributed by atoms with Gasteiger partial charge in [0.1, 0.15) is 6.26 Å². The molecule has 2 atom stereocenters. The fraction of sp³-hybridized carbons (Fsp3) is 0.800. The Morgan fingerprint density at radius 1 is 1.28 bits per heavy atom. The quantitative estimate of drug-likeness (QED) is 0.819. The van der Waals surface area contributed by atoms with Crippen LogP contribution in [0.4, 0.5) is 0 Å². The minimum Gasteiger partial charge on any atom is -0.448 e. The van der Waals surface area contributed by atoms with E-state index in [-0.39, 0.29) is 5.41 Å². The molecule has 2 rings (SSSR count). The average molecular weight is 251 g/mol. The molecule has 1 aromatic heterocycles. The lowest BCUT2D eigenvalue weighted by Gasteiger charge is -2.26. The number of nitrogens with zero attached hydrogens (tertiary/aromatic N) is 1. The van der Waals surface area contributed by atoms with Crippen LogP contribution < -0.4 is 0 Å². The van der Waals surface area contributed by atoms with Gasteiger partial charge in [0.25, 0.3) is 0 Å². The van der Waals surface area contributed by atoms with Crippen LogP contribution in [-0.4, -0.2) is 17.7 Å². The molecule has 0 N–H and O–H groups in total. The Balaban J connectivity index is 1.96. The van der Waals surface area contributed by atoms with Gasteiger partial charge in [-0.2, -0.15) is 0 Å². The second-order valence-corrected chi connectivity index (χ2v) is 7.18. The van der Waals surface area contributed by atoms with Crippen LogP contribution in [0.5, 0.6) is 0 Å². The maximum absolute atomic E-state index is 5.96. The number of ether oxygens (including phenoxy) is 1. The number of rotatable bonds is 3. The van der Waals surface area contributed by atoms with Gasteiger partial charge in [-0.05, 0) is 24.2 Å². The number of hydrogen-bond donors (Lipinski definition) is 0. The van der Waals surface area contributed by atoms with Crippen LogP contribution in [0.25, 0.3) is 0 Å². The smallest absolute Gasteiger partial charge is 0.199 e. The normalized spacial score (nSPS) is 25.6. The van der Waals surface area contributed by atoms with Crippen molar-refractivity contribution in [2.24, 2.45) is 11.3 Å². The summed E-state index contributed by atoms with van der Waals surface area (Å²) in [6.45, 7) is 12.1. The fourth-order valence-corrected chi connectivity index (χ4v) is 2.67. The van der Waals surface area contributed by atoms with Gasteiger partial charge in [-0.3, -0.25) is 0 Å². The first kappa shape index (κ1) is 13.6. The van der Waals surface area contributed by atoms with E-state index in [1.54, 1.807) is 12.5 Å². The summed E-state index contributed by atoms with van der Waals surface area (Å²) in [5.74, 6) is 1.47. The monoisotopic (exact) mass is 251 g/mol. The van der Waals surface area contributed by atoms with Crippen LogP contribution in [0, 0.1) is 11.3 Å². The molecule has 1 aromatic rings. The zero-order chi connectivity index (χ0) is 13.4. The number of aromatic nitrogens is 1. The van der Waals surface area contributed by atoms with Crippen molar-refractivity contribution < 1.29 is 9.15 Å². The van der Waals surface area contributed by atoms with Gasteiger partial charge in [-0.25, -0.2) is 4.98 Å². The van der Waals surface area contributed by atoms with Gasteiger partial charge >= 0.3 is 0 Å². The molecule has 3 heteroatoms. The maximum atomic E-state index is 5.96. The molecule has 0 spiro atoms. The molecule has 18 heavy (non-hydrogen) atoms. The van der Waals surface area contributed by atoms with Gasteiger partial charge in [-0.1, -0.05) is 34.6 Å². The zero-order valence-electron chi connectivity index (χ0n) is 12.2. The molecular formula is C15H25NO2. The summed E-state index contributed by atoms with van der Waals surface area (Å²) in [5, 5.41) is 0. The van der Waals surface area contributed by atoms with E-state index in [9.17, 15) is 0 Å². The van der Waals surface area contributed by atoms with E-state index in [1.807, 2.05) is 0 Å². The lowest BCUT2D eigenvalue weighted by Crippen LogP contribution is -2.25.